The molecular formula is C30H30N4O4S. The number of carbonyl (C=O) groups excluding carboxylic acids is 2. The van der Waals surface area contributed by atoms with Crippen molar-refractivity contribution in [1.82, 2.24) is 4.90 Å². The van der Waals surface area contributed by atoms with Gasteiger partial charge in [-0.15, -0.1) is 0 Å². The number of rotatable bonds is 7. The topological polar surface area (TPSA) is 92.3 Å². The minimum Gasteiger partial charge on any atom is -0.497 e. The molecule has 3 aromatic rings. The first-order valence-corrected chi connectivity index (χ1v) is 13.7. The molecule has 0 spiro atoms. The number of fused-ring (bicyclic) bond motifs is 1. The monoisotopic (exact) mass is 542 g/mol. The van der Waals surface area contributed by atoms with Crippen LogP contribution in [0.1, 0.15) is 35.3 Å². The molecule has 39 heavy (non-hydrogen) atoms. The second-order valence-corrected chi connectivity index (χ2v) is 10.2. The lowest BCUT2D eigenvalue weighted by molar-refractivity contribution is -0.113. The molecule has 2 amide bonds. The number of para-hydroxylation sites is 1. The molecule has 3 aromatic carbocycles. The molecule has 2 aliphatic heterocycles. The van der Waals surface area contributed by atoms with Gasteiger partial charge in [0.25, 0.3) is 11.8 Å². The predicted molar refractivity (Wildman–Crippen MR) is 156 cm³/mol. The number of ether oxygens (including phenoxy) is 2. The first kappa shape index (κ1) is 26.4. The largest absolute Gasteiger partial charge is 0.497 e. The zero-order valence-electron chi connectivity index (χ0n) is 22.1. The van der Waals surface area contributed by atoms with Crippen molar-refractivity contribution >= 4 is 40.1 Å². The number of thioether (sulfide) groups is 1. The van der Waals surface area contributed by atoms with Crippen LogP contribution in [0.4, 0.5) is 11.4 Å². The van der Waals surface area contributed by atoms with E-state index in [4.69, 9.17) is 14.5 Å². The van der Waals surface area contributed by atoms with Crippen molar-refractivity contribution in [3.8, 4) is 11.5 Å². The van der Waals surface area contributed by atoms with Gasteiger partial charge < -0.3 is 25.0 Å². The Morgan fingerprint density at radius 1 is 0.897 bits per heavy atom. The lowest BCUT2D eigenvalue weighted by Crippen LogP contribution is -2.43. The molecule has 2 heterocycles. The van der Waals surface area contributed by atoms with Crippen LogP contribution in [0.3, 0.4) is 0 Å². The van der Waals surface area contributed by atoms with Crippen molar-refractivity contribution in [3.05, 3.63) is 95.2 Å². The average molecular weight is 543 g/mol. The third-order valence-corrected chi connectivity index (χ3v) is 7.76. The van der Waals surface area contributed by atoms with Crippen molar-refractivity contribution in [2.24, 2.45) is 4.99 Å². The number of amides is 2. The fraction of sp³-hybridized carbons (Fsp3) is 0.233. The number of anilines is 2. The molecule has 0 bridgehead atoms. The van der Waals surface area contributed by atoms with Gasteiger partial charge >= 0.3 is 0 Å². The first-order chi connectivity index (χ1) is 19.0. The number of aliphatic imine (C=N–C) groups is 1. The maximum Gasteiger partial charge on any atom is 0.259 e. The number of methoxy groups -OCH3 is 2. The van der Waals surface area contributed by atoms with Crippen LogP contribution < -0.4 is 20.1 Å². The highest BCUT2D eigenvalue weighted by atomic mass is 32.2. The first-order valence-electron chi connectivity index (χ1n) is 12.7. The summed E-state index contributed by atoms with van der Waals surface area (Å²) in [7, 11) is 3.15. The molecular weight excluding hydrogens is 512 g/mol. The number of nitrogens with one attached hydrogen (secondary N) is 2. The van der Waals surface area contributed by atoms with Gasteiger partial charge in [0.2, 0.25) is 0 Å². The van der Waals surface area contributed by atoms with Gasteiger partial charge in [0.1, 0.15) is 11.5 Å². The number of hydrogen-bond donors (Lipinski definition) is 2. The summed E-state index contributed by atoms with van der Waals surface area (Å²) in [5.41, 5.74) is 4.02. The molecule has 200 valence electrons. The number of hydrogen-bond acceptors (Lipinski definition) is 7. The zero-order valence-corrected chi connectivity index (χ0v) is 22.9. The summed E-state index contributed by atoms with van der Waals surface area (Å²) in [6.45, 7) is 2.69. The Balaban J connectivity index is 1.42. The van der Waals surface area contributed by atoms with Crippen LogP contribution in [0.15, 0.2) is 89.1 Å². The van der Waals surface area contributed by atoms with E-state index in [0.717, 1.165) is 35.2 Å². The quantitative estimate of drug-likeness (QED) is 0.397. The van der Waals surface area contributed by atoms with E-state index < -0.39 is 0 Å². The van der Waals surface area contributed by atoms with Crippen LogP contribution >= 0.6 is 11.8 Å². The Kier molecular flexibility index (Phi) is 7.88. The molecule has 2 N–H and O–H groups in total. The number of benzene rings is 3. The van der Waals surface area contributed by atoms with E-state index in [-0.39, 0.29) is 17.9 Å². The number of carbonyl (C=O) groups is 2. The summed E-state index contributed by atoms with van der Waals surface area (Å²) in [5, 5.41) is 6.90. The Bertz CT molecular complexity index is 1430. The molecule has 2 aliphatic rings. The SMILES string of the molecule is COc1ccc(NC(=O)C2=C(C)N=C3SCCCN3C2c2ccc(NC(=O)c3ccccc3OC)cc2)cc1. The van der Waals surface area contributed by atoms with Crippen LogP contribution in [0.2, 0.25) is 0 Å². The van der Waals surface area contributed by atoms with E-state index in [9.17, 15) is 9.59 Å². The molecule has 9 heteroatoms. The van der Waals surface area contributed by atoms with Crippen molar-refractivity contribution in [2.75, 3.05) is 37.2 Å². The normalized spacial score (nSPS) is 16.6. The Labute approximate surface area is 232 Å². The van der Waals surface area contributed by atoms with Gasteiger partial charge in [0.05, 0.1) is 37.1 Å². The van der Waals surface area contributed by atoms with Gasteiger partial charge in [-0.1, -0.05) is 36.0 Å². The molecule has 0 radical (unpaired) electrons. The van der Waals surface area contributed by atoms with E-state index in [1.807, 2.05) is 61.5 Å². The van der Waals surface area contributed by atoms with Gasteiger partial charge in [-0.25, -0.2) is 4.99 Å². The summed E-state index contributed by atoms with van der Waals surface area (Å²) in [4.78, 5) is 33.5. The van der Waals surface area contributed by atoms with E-state index in [0.29, 0.717) is 34.0 Å². The van der Waals surface area contributed by atoms with Crippen LogP contribution in [-0.2, 0) is 4.79 Å². The maximum atomic E-state index is 13.6. The van der Waals surface area contributed by atoms with Crippen LogP contribution in [0.25, 0.3) is 0 Å². The predicted octanol–water partition coefficient (Wildman–Crippen LogP) is 5.72. The highest BCUT2D eigenvalue weighted by molar-refractivity contribution is 8.13. The fourth-order valence-corrected chi connectivity index (χ4v) is 5.78. The molecule has 1 fully saturated rings. The zero-order chi connectivity index (χ0) is 27.4. The van der Waals surface area contributed by atoms with Gasteiger partial charge in [0.15, 0.2) is 5.17 Å². The number of nitrogens with zero attached hydrogens (tertiary/aromatic N) is 2. The van der Waals surface area contributed by atoms with Gasteiger partial charge in [0, 0.05) is 23.7 Å². The van der Waals surface area contributed by atoms with E-state index >= 15 is 0 Å². The fourth-order valence-electron chi connectivity index (χ4n) is 4.76. The van der Waals surface area contributed by atoms with Gasteiger partial charge in [-0.05, 0) is 67.4 Å². The molecule has 5 rings (SSSR count). The summed E-state index contributed by atoms with van der Waals surface area (Å²) in [6.07, 6.45) is 1.000. The Hall–Kier alpha value is -4.24. The standard InChI is InChI=1S/C30H30N4O4S/c1-19-26(29(36)33-22-13-15-23(37-2)16-14-22)27(34-17-6-18-39-30(34)31-19)20-9-11-21(12-10-20)32-28(35)24-7-4-5-8-25(24)38-3/h4-5,7-16,27H,6,17-18H2,1-3H3,(H,32,35)(H,33,36). The lowest BCUT2D eigenvalue weighted by atomic mass is 9.93. The van der Waals surface area contributed by atoms with E-state index in [2.05, 4.69) is 15.5 Å². The molecule has 0 aliphatic carbocycles. The smallest absolute Gasteiger partial charge is 0.259 e. The molecule has 0 aromatic heterocycles. The van der Waals surface area contributed by atoms with Crippen LogP contribution in [0.5, 0.6) is 11.5 Å². The minimum atomic E-state index is -0.303. The van der Waals surface area contributed by atoms with Crippen molar-refractivity contribution in [3.63, 3.8) is 0 Å². The van der Waals surface area contributed by atoms with Crippen LogP contribution in [-0.4, -0.2) is 48.4 Å². The van der Waals surface area contributed by atoms with E-state index in [1.165, 1.54) is 0 Å². The summed E-state index contributed by atoms with van der Waals surface area (Å²) in [5.74, 6) is 1.77. The van der Waals surface area contributed by atoms with Gasteiger partial charge in [-0.3, -0.25) is 9.59 Å². The summed E-state index contributed by atoms with van der Waals surface area (Å²) < 4.78 is 10.6. The Morgan fingerprint density at radius 3 is 2.26 bits per heavy atom. The summed E-state index contributed by atoms with van der Waals surface area (Å²) >= 11 is 1.71. The van der Waals surface area contributed by atoms with Gasteiger partial charge in [-0.2, -0.15) is 0 Å². The van der Waals surface area contributed by atoms with Crippen LogP contribution in [0, 0.1) is 0 Å². The molecule has 8 nitrogen and oxygen atoms in total. The highest BCUT2D eigenvalue weighted by Crippen LogP contribution is 2.40. The molecule has 1 atom stereocenters. The maximum absolute atomic E-state index is 13.6. The highest BCUT2D eigenvalue weighted by Gasteiger charge is 2.37. The van der Waals surface area contributed by atoms with Crippen molar-refractivity contribution in [1.29, 1.82) is 0 Å². The Morgan fingerprint density at radius 2 is 1.56 bits per heavy atom. The minimum absolute atomic E-state index is 0.199. The second-order valence-electron chi connectivity index (χ2n) is 9.15. The number of allylic oxidation sites excluding steroid dienone is 1. The van der Waals surface area contributed by atoms with Crippen molar-refractivity contribution in [2.45, 2.75) is 19.4 Å². The molecule has 0 saturated carbocycles. The third-order valence-electron chi connectivity index (χ3n) is 6.69. The average Bonchev–Trinajstić information content (AvgIpc) is 2.97. The number of amidine groups is 1. The molecule has 1 saturated heterocycles. The summed E-state index contributed by atoms with van der Waals surface area (Å²) in [6, 6.07) is 21.7. The van der Waals surface area contributed by atoms with Crippen molar-refractivity contribution < 1.29 is 19.1 Å². The lowest BCUT2D eigenvalue weighted by Gasteiger charge is -2.41. The molecule has 1 unspecified atom stereocenters. The third kappa shape index (κ3) is 5.63. The van der Waals surface area contributed by atoms with E-state index in [1.54, 1.807) is 44.2 Å². The second kappa shape index (κ2) is 11.7.